The lowest BCUT2D eigenvalue weighted by Gasteiger charge is -2.29. The molecule has 0 aliphatic rings. The maximum absolute atomic E-state index is 11.8. The van der Waals surface area contributed by atoms with Crippen LogP contribution in [-0.2, 0) is 13.6 Å². The summed E-state index contributed by atoms with van der Waals surface area (Å²) in [6.45, 7) is 4.95. The Labute approximate surface area is 137 Å². The first kappa shape index (κ1) is 22.1. The second kappa shape index (κ2) is 11.6. The third-order valence-corrected chi connectivity index (χ3v) is 4.68. The topological polar surface area (TPSA) is 58.6 Å². The van der Waals surface area contributed by atoms with Crippen LogP contribution in [0, 0.1) is 0 Å². The molecule has 2 unspecified atom stereocenters. The zero-order chi connectivity index (χ0) is 17.1. The van der Waals surface area contributed by atoms with Gasteiger partial charge in [0.25, 0.3) is 7.82 Å². The van der Waals surface area contributed by atoms with Crippen molar-refractivity contribution in [2.45, 2.75) is 71.3 Å². The van der Waals surface area contributed by atoms with Crippen LogP contribution in [-0.4, -0.2) is 44.9 Å². The Morgan fingerprint density at radius 3 is 2.18 bits per heavy atom. The maximum Gasteiger partial charge on any atom is 0.268 e. The highest BCUT2D eigenvalue weighted by atomic mass is 31.2. The van der Waals surface area contributed by atoms with Crippen molar-refractivity contribution in [2.24, 2.45) is 0 Å². The molecule has 6 heteroatoms. The van der Waals surface area contributed by atoms with Crippen LogP contribution in [0.3, 0.4) is 0 Å². The third-order valence-electron chi connectivity index (χ3n) is 3.62. The summed E-state index contributed by atoms with van der Waals surface area (Å²) in [6.07, 6.45) is 8.40. The second-order valence-corrected chi connectivity index (χ2v) is 8.35. The number of likely N-dealkylation sites (N-methyl/N-ethyl adjacent to an activating group) is 1. The van der Waals surface area contributed by atoms with Crippen LogP contribution in [0.25, 0.3) is 0 Å². The summed E-state index contributed by atoms with van der Waals surface area (Å²) >= 11 is 0. The molecule has 134 valence electrons. The highest BCUT2D eigenvalue weighted by Crippen LogP contribution is 2.41. The van der Waals surface area contributed by atoms with Crippen LogP contribution in [0.15, 0.2) is 0 Å². The molecule has 0 saturated carbocycles. The van der Waals surface area contributed by atoms with Gasteiger partial charge in [0, 0.05) is 0 Å². The van der Waals surface area contributed by atoms with Crippen LogP contribution >= 0.6 is 7.82 Å². The molecule has 0 fully saturated rings. The van der Waals surface area contributed by atoms with E-state index in [4.69, 9.17) is 9.05 Å². The van der Waals surface area contributed by atoms with Crippen LogP contribution in [0.1, 0.15) is 65.2 Å². The van der Waals surface area contributed by atoms with Crippen LogP contribution in [0.5, 0.6) is 0 Å². The van der Waals surface area contributed by atoms with E-state index in [0.29, 0.717) is 17.4 Å². The monoisotopic (exact) mass is 337 g/mol. The first-order chi connectivity index (χ1) is 10.2. The molecule has 0 bridgehead atoms. The molecule has 0 spiro atoms. The Balaban J connectivity index is 3.95. The van der Waals surface area contributed by atoms with Crippen LogP contribution in [0.2, 0.25) is 0 Å². The number of hydrogen-bond acceptors (Lipinski definition) is 4. The predicted octanol–water partition coefficient (Wildman–Crippen LogP) is 3.72. The fourth-order valence-corrected chi connectivity index (χ4v) is 3.11. The molecule has 0 aromatic rings. The average Bonchev–Trinajstić information content (AvgIpc) is 2.39. The van der Waals surface area contributed by atoms with E-state index in [1.54, 1.807) is 0 Å². The lowest BCUT2D eigenvalue weighted by Crippen LogP contribution is -2.37. The van der Waals surface area contributed by atoms with Gasteiger partial charge in [-0.25, -0.2) is 0 Å². The van der Waals surface area contributed by atoms with E-state index in [2.05, 4.69) is 6.92 Å². The van der Waals surface area contributed by atoms with Crippen molar-refractivity contribution < 1.29 is 23.0 Å². The van der Waals surface area contributed by atoms with Crippen molar-refractivity contribution in [3.8, 4) is 0 Å². The minimum Gasteiger partial charge on any atom is -0.756 e. The number of phosphoric ester groups is 1. The van der Waals surface area contributed by atoms with Gasteiger partial charge in [0.05, 0.1) is 27.2 Å². The molecule has 0 heterocycles. The predicted molar refractivity (Wildman–Crippen MR) is 89.6 cm³/mol. The highest BCUT2D eigenvalue weighted by molar-refractivity contribution is 7.45. The summed E-state index contributed by atoms with van der Waals surface area (Å²) in [7, 11) is 1.80. The molecule has 0 aromatic carbocycles. The summed E-state index contributed by atoms with van der Waals surface area (Å²) < 4.78 is 22.7. The van der Waals surface area contributed by atoms with Crippen molar-refractivity contribution in [3.63, 3.8) is 0 Å². The first-order valence-electron chi connectivity index (χ1n) is 8.64. The van der Waals surface area contributed by atoms with Gasteiger partial charge in [-0.3, -0.25) is 4.57 Å². The lowest BCUT2D eigenvalue weighted by molar-refractivity contribution is -0.870. The van der Waals surface area contributed by atoms with E-state index in [9.17, 15) is 9.46 Å². The SMILES string of the molecule is CCCCCCCCC(CC)OP(=O)([O-])OCC[N+](C)(C)C. The Hall–Kier alpha value is 0.0700. The molecule has 0 N–H and O–H groups in total. The van der Waals surface area contributed by atoms with Crippen molar-refractivity contribution in [1.29, 1.82) is 0 Å². The van der Waals surface area contributed by atoms with Gasteiger partial charge in [0.1, 0.15) is 13.2 Å². The fourth-order valence-electron chi connectivity index (χ4n) is 2.12. The van der Waals surface area contributed by atoms with Gasteiger partial charge in [0.2, 0.25) is 0 Å². The molecule has 0 aliphatic carbocycles. The summed E-state index contributed by atoms with van der Waals surface area (Å²) in [5, 5.41) is 0. The van der Waals surface area contributed by atoms with E-state index in [1.165, 1.54) is 25.7 Å². The van der Waals surface area contributed by atoms with Gasteiger partial charge in [-0.2, -0.15) is 0 Å². The molecule has 0 rings (SSSR count). The molecular weight excluding hydrogens is 301 g/mol. The molecule has 0 aromatic heterocycles. The average molecular weight is 337 g/mol. The third kappa shape index (κ3) is 13.7. The van der Waals surface area contributed by atoms with Crippen molar-refractivity contribution in [3.05, 3.63) is 0 Å². The number of nitrogens with zero attached hydrogens (tertiary/aromatic N) is 1. The molecular formula is C16H36NO4P. The maximum atomic E-state index is 11.8. The highest BCUT2D eigenvalue weighted by Gasteiger charge is 2.18. The van der Waals surface area contributed by atoms with Gasteiger partial charge >= 0.3 is 0 Å². The Bertz CT molecular complexity index is 318. The fraction of sp³-hybridized carbons (Fsp3) is 1.00. The first-order valence-corrected chi connectivity index (χ1v) is 10.1. The number of quaternary nitrogens is 1. The number of unbranched alkanes of at least 4 members (excludes halogenated alkanes) is 5. The Morgan fingerprint density at radius 1 is 1.05 bits per heavy atom. The van der Waals surface area contributed by atoms with E-state index < -0.39 is 7.82 Å². The van der Waals surface area contributed by atoms with Gasteiger partial charge in [0.15, 0.2) is 0 Å². The summed E-state index contributed by atoms with van der Waals surface area (Å²) in [5.41, 5.74) is 0. The second-order valence-electron chi connectivity index (χ2n) is 6.99. The normalized spacial score (nSPS) is 16.5. The minimum absolute atomic E-state index is 0.164. The largest absolute Gasteiger partial charge is 0.756 e. The van der Waals surface area contributed by atoms with Gasteiger partial charge in [-0.1, -0.05) is 52.4 Å². The minimum atomic E-state index is -4.18. The van der Waals surface area contributed by atoms with E-state index in [-0.39, 0.29) is 12.7 Å². The summed E-state index contributed by atoms with van der Waals surface area (Å²) in [4.78, 5) is 11.8. The van der Waals surface area contributed by atoms with E-state index >= 15 is 0 Å². The quantitative estimate of drug-likeness (QED) is 0.275. The number of phosphoric acid groups is 1. The van der Waals surface area contributed by atoms with Crippen LogP contribution < -0.4 is 4.89 Å². The number of hydrogen-bond donors (Lipinski definition) is 0. The zero-order valence-electron chi connectivity index (χ0n) is 15.2. The van der Waals surface area contributed by atoms with Crippen LogP contribution in [0.4, 0.5) is 0 Å². The van der Waals surface area contributed by atoms with Gasteiger partial charge in [-0.15, -0.1) is 0 Å². The smallest absolute Gasteiger partial charge is 0.268 e. The molecule has 2 atom stereocenters. The lowest BCUT2D eigenvalue weighted by atomic mass is 10.1. The molecule has 0 radical (unpaired) electrons. The van der Waals surface area contributed by atoms with Gasteiger partial charge in [-0.05, 0) is 12.8 Å². The standard InChI is InChI=1S/C16H36NO4P/c1-6-8-9-10-11-12-13-16(7-2)21-22(18,19)20-15-14-17(3,4)5/h16H,6-15H2,1-5H3. The Morgan fingerprint density at radius 2 is 1.64 bits per heavy atom. The van der Waals surface area contributed by atoms with Crippen molar-refractivity contribution >= 4 is 7.82 Å². The van der Waals surface area contributed by atoms with E-state index in [1.807, 2.05) is 28.1 Å². The van der Waals surface area contributed by atoms with Gasteiger partial charge < -0.3 is 18.4 Å². The zero-order valence-corrected chi connectivity index (χ0v) is 16.1. The summed E-state index contributed by atoms with van der Waals surface area (Å²) in [6, 6.07) is 0. The molecule has 0 aliphatic heterocycles. The molecule has 22 heavy (non-hydrogen) atoms. The molecule has 0 amide bonds. The summed E-state index contributed by atoms with van der Waals surface area (Å²) in [5.74, 6) is 0. The Kier molecular flexibility index (Phi) is 11.6. The van der Waals surface area contributed by atoms with E-state index in [0.717, 1.165) is 19.3 Å². The van der Waals surface area contributed by atoms with Crippen molar-refractivity contribution in [2.75, 3.05) is 34.3 Å². The van der Waals surface area contributed by atoms with Crippen molar-refractivity contribution in [1.82, 2.24) is 0 Å². The molecule has 0 saturated heterocycles. The molecule has 5 nitrogen and oxygen atoms in total. The number of rotatable bonds is 14.